The van der Waals surface area contributed by atoms with E-state index in [1.807, 2.05) is 0 Å². The standard InChI is InChI=1S/C19H19N7O5/c1-26(13-9-21-15-14(23-13)17(29)25-19(20)24-15)11-6-4-10(5-7-11)16(28)22-12(18(30)31)3-2-8-27/h4-9,12H,2-3H2,1H3,(H,22,28)(H,30,31)(H3,20,21,24,25,29). The first-order valence-electron chi connectivity index (χ1n) is 9.13. The third-order valence-electron chi connectivity index (χ3n) is 4.46. The normalized spacial score (nSPS) is 11.6. The SMILES string of the molecule is CN(c1ccc(C(=O)NC(CCC=O)C(=O)O)cc1)c1cnc2nc(N)[nH]c(=O)c2n1. The van der Waals surface area contributed by atoms with E-state index in [0.717, 1.165) is 0 Å². The molecular formula is C19H19N7O5. The topological polar surface area (TPSA) is 184 Å². The van der Waals surface area contributed by atoms with E-state index < -0.39 is 23.5 Å². The highest BCUT2D eigenvalue weighted by Crippen LogP contribution is 2.22. The maximum Gasteiger partial charge on any atom is 0.326 e. The highest BCUT2D eigenvalue weighted by molar-refractivity contribution is 5.97. The van der Waals surface area contributed by atoms with Crippen LogP contribution in [0.2, 0.25) is 0 Å². The number of carboxylic acid groups (broad SMARTS) is 1. The Labute approximate surface area is 175 Å². The Morgan fingerprint density at radius 3 is 2.65 bits per heavy atom. The van der Waals surface area contributed by atoms with Crippen molar-refractivity contribution in [1.82, 2.24) is 25.3 Å². The summed E-state index contributed by atoms with van der Waals surface area (Å²) in [6, 6.07) is 5.14. The number of nitrogens with one attached hydrogen (secondary N) is 2. The van der Waals surface area contributed by atoms with Crippen LogP contribution in [0.5, 0.6) is 0 Å². The minimum atomic E-state index is -1.22. The van der Waals surface area contributed by atoms with Gasteiger partial charge in [0.1, 0.15) is 12.3 Å². The van der Waals surface area contributed by atoms with Crippen molar-refractivity contribution in [2.75, 3.05) is 17.7 Å². The number of H-pyrrole nitrogens is 1. The number of anilines is 3. The molecule has 0 spiro atoms. The van der Waals surface area contributed by atoms with Crippen LogP contribution in [-0.2, 0) is 9.59 Å². The zero-order valence-corrected chi connectivity index (χ0v) is 16.4. The molecule has 5 N–H and O–H groups in total. The number of aromatic nitrogens is 4. The minimum Gasteiger partial charge on any atom is -0.480 e. The second-order valence-corrected chi connectivity index (χ2v) is 6.57. The number of hydrogen-bond acceptors (Lipinski definition) is 9. The second-order valence-electron chi connectivity index (χ2n) is 6.57. The average Bonchev–Trinajstić information content (AvgIpc) is 2.75. The highest BCUT2D eigenvalue weighted by atomic mass is 16.4. The van der Waals surface area contributed by atoms with Gasteiger partial charge in [-0.05, 0) is 30.7 Å². The molecule has 12 heteroatoms. The quantitative estimate of drug-likeness (QED) is 0.364. The minimum absolute atomic E-state index is 0.00562. The number of carboxylic acids is 1. The molecule has 12 nitrogen and oxygen atoms in total. The molecule has 1 unspecified atom stereocenters. The van der Waals surface area contributed by atoms with Gasteiger partial charge in [0, 0.05) is 24.7 Å². The summed E-state index contributed by atoms with van der Waals surface area (Å²) < 4.78 is 0. The summed E-state index contributed by atoms with van der Waals surface area (Å²) in [4.78, 5) is 62.3. The fraction of sp³-hybridized carbons (Fsp3) is 0.211. The number of nitrogens with two attached hydrogens (primary N) is 1. The van der Waals surface area contributed by atoms with Gasteiger partial charge in [0.05, 0.1) is 6.20 Å². The Bertz CT molecular complexity index is 1190. The Hall–Kier alpha value is -4.35. The van der Waals surface area contributed by atoms with Crippen molar-refractivity contribution in [2.24, 2.45) is 0 Å². The molecule has 1 aromatic carbocycles. The Balaban J connectivity index is 1.78. The number of aldehydes is 1. The summed E-state index contributed by atoms with van der Waals surface area (Å²) in [6.45, 7) is 0. The lowest BCUT2D eigenvalue weighted by atomic mass is 10.1. The number of nitrogen functional groups attached to an aromatic ring is 1. The van der Waals surface area contributed by atoms with Crippen molar-refractivity contribution in [3.8, 4) is 0 Å². The van der Waals surface area contributed by atoms with E-state index in [1.165, 1.54) is 18.3 Å². The van der Waals surface area contributed by atoms with Crippen LogP contribution in [0, 0.1) is 0 Å². The molecule has 0 saturated heterocycles. The molecule has 0 fully saturated rings. The van der Waals surface area contributed by atoms with E-state index in [2.05, 4.69) is 25.3 Å². The van der Waals surface area contributed by atoms with Gasteiger partial charge < -0.3 is 25.9 Å². The van der Waals surface area contributed by atoms with Gasteiger partial charge in [0.15, 0.2) is 17.0 Å². The summed E-state index contributed by atoms with van der Waals surface area (Å²) >= 11 is 0. The van der Waals surface area contributed by atoms with Gasteiger partial charge in [-0.3, -0.25) is 14.6 Å². The molecule has 3 rings (SSSR count). The van der Waals surface area contributed by atoms with Crippen LogP contribution in [0.15, 0.2) is 35.3 Å². The van der Waals surface area contributed by atoms with Gasteiger partial charge in [0.25, 0.3) is 11.5 Å². The third-order valence-corrected chi connectivity index (χ3v) is 4.46. The van der Waals surface area contributed by atoms with Gasteiger partial charge in [-0.1, -0.05) is 0 Å². The zero-order valence-electron chi connectivity index (χ0n) is 16.4. The molecule has 0 aliphatic heterocycles. The van der Waals surface area contributed by atoms with Crippen molar-refractivity contribution < 1.29 is 19.5 Å². The summed E-state index contributed by atoms with van der Waals surface area (Å²) in [5, 5.41) is 11.6. The summed E-state index contributed by atoms with van der Waals surface area (Å²) in [5.74, 6) is -1.49. The van der Waals surface area contributed by atoms with Crippen molar-refractivity contribution >= 4 is 46.8 Å². The molecule has 1 amide bonds. The van der Waals surface area contributed by atoms with Crippen LogP contribution < -0.4 is 21.5 Å². The molecule has 2 heterocycles. The summed E-state index contributed by atoms with van der Waals surface area (Å²) in [6.07, 6.45) is 2.06. The fourth-order valence-electron chi connectivity index (χ4n) is 2.79. The third kappa shape index (κ3) is 4.80. The number of amides is 1. The van der Waals surface area contributed by atoms with E-state index in [1.54, 1.807) is 24.1 Å². The lowest BCUT2D eigenvalue weighted by Crippen LogP contribution is -2.40. The Morgan fingerprint density at radius 2 is 2.00 bits per heavy atom. The van der Waals surface area contributed by atoms with Crippen molar-refractivity contribution in [2.45, 2.75) is 18.9 Å². The molecule has 0 radical (unpaired) electrons. The predicted molar refractivity (Wildman–Crippen MR) is 111 cm³/mol. The number of aromatic amines is 1. The number of nitrogens with zero attached hydrogens (tertiary/aromatic N) is 4. The van der Waals surface area contributed by atoms with Gasteiger partial charge in [-0.25, -0.2) is 14.8 Å². The van der Waals surface area contributed by atoms with Crippen LogP contribution in [-0.4, -0.2) is 56.3 Å². The molecule has 2 aromatic heterocycles. The first kappa shape index (κ1) is 21.4. The van der Waals surface area contributed by atoms with E-state index >= 15 is 0 Å². The molecule has 3 aromatic rings. The number of fused-ring (bicyclic) bond motifs is 1. The first-order valence-corrected chi connectivity index (χ1v) is 9.13. The molecule has 0 aliphatic rings. The van der Waals surface area contributed by atoms with Crippen molar-refractivity contribution in [3.05, 3.63) is 46.4 Å². The number of hydrogen-bond donors (Lipinski definition) is 4. The molecule has 0 aliphatic carbocycles. The lowest BCUT2D eigenvalue weighted by molar-refractivity contribution is -0.139. The van der Waals surface area contributed by atoms with Crippen LogP contribution in [0.25, 0.3) is 11.2 Å². The Morgan fingerprint density at radius 1 is 1.29 bits per heavy atom. The zero-order chi connectivity index (χ0) is 22.5. The summed E-state index contributed by atoms with van der Waals surface area (Å²) in [7, 11) is 1.70. The van der Waals surface area contributed by atoms with E-state index in [4.69, 9.17) is 10.8 Å². The molecule has 0 bridgehead atoms. The van der Waals surface area contributed by atoms with E-state index in [9.17, 15) is 19.2 Å². The van der Waals surface area contributed by atoms with E-state index in [-0.39, 0.29) is 35.5 Å². The van der Waals surface area contributed by atoms with Crippen LogP contribution >= 0.6 is 0 Å². The van der Waals surface area contributed by atoms with Crippen LogP contribution in [0.4, 0.5) is 17.5 Å². The number of aliphatic carboxylic acids is 1. The van der Waals surface area contributed by atoms with Crippen molar-refractivity contribution in [1.29, 1.82) is 0 Å². The molecule has 1 atom stereocenters. The van der Waals surface area contributed by atoms with Crippen molar-refractivity contribution in [3.63, 3.8) is 0 Å². The number of benzene rings is 1. The highest BCUT2D eigenvalue weighted by Gasteiger charge is 2.20. The van der Waals surface area contributed by atoms with Gasteiger partial charge in [0.2, 0.25) is 5.95 Å². The second kappa shape index (κ2) is 8.98. The van der Waals surface area contributed by atoms with Gasteiger partial charge >= 0.3 is 5.97 Å². The Kier molecular flexibility index (Phi) is 6.19. The van der Waals surface area contributed by atoms with Gasteiger partial charge in [-0.15, -0.1) is 0 Å². The first-order chi connectivity index (χ1) is 14.8. The number of carbonyl (C=O) groups is 3. The fourth-order valence-corrected chi connectivity index (χ4v) is 2.79. The maximum absolute atomic E-state index is 12.3. The lowest BCUT2D eigenvalue weighted by Gasteiger charge is -2.18. The average molecular weight is 425 g/mol. The molecule has 160 valence electrons. The predicted octanol–water partition coefficient (Wildman–Crippen LogP) is 0.225. The van der Waals surface area contributed by atoms with Gasteiger partial charge in [-0.2, -0.15) is 4.98 Å². The largest absolute Gasteiger partial charge is 0.480 e. The molecule has 0 saturated carbocycles. The number of carbonyl (C=O) groups excluding carboxylic acids is 2. The summed E-state index contributed by atoms with van der Waals surface area (Å²) in [5.41, 5.74) is 6.02. The van der Waals surface area contributed by atoms with E-state index in [0.29, 0.717) is 17.8 Å². The maximum atomic E-state index is 12.3. The monoisotopic (exact) mass is 425 g/mol. The molecular weight excluding hydrogens is 406 g/mol. The van der Waals surface area contributed by atoms with Crippen LogP contribution in [0.3, 0.4) is 0 Å². The molecule has 31 heavy (non-hydrogen) atoms. The number of rotatable bonds is 8. The smallest absolute Gasteiger partial charge is 0.326 e. The van der Waals surface area contributed by atoms with Crippen LogP contribution in [0.1, 0.15) is 23.2 Å².